The van der Waals surface area contributed by atoms with E-state index in [1.54, 1.807) is 32.9 Å². The molecule has 0 unspecified atom stereocenters. The number of alkyl carbamates (subject to hydrolysis) is 1. The van der Waals surface area contributed by atoms with Gasteiger partial charge in [-0.15, -0.1) is 11.3 Å². The number of alkyl halides is 2. The van der Waals surface area contributed by atoms with Gasteiger partial charge in [-0.3, -0.25) is 0 Å². The van der Waals surface area contributed by atoms with Gasteiger partial charge in [0, 0.05) is 11.4 Å². The second-order valence-corrected chi connectivity index (χ2v) is 7.32. The van der Waals surface area contributed by atoms with Crippen molar-refractivity contribution in [2.45, 2.75) is 38.8 Å². The Kier molecular flexibility index (Phi) is 6.37. The molecule has 8 heteroatoms. The predicted molar refractivity (Wildman–Crippen MR) is 80.2 cm³/mol. The normalized spacial score (nSPS) is 12.3. The average Bonchev–Trinajstić information content (AvgIpc) is 2.70. The number of amides is 1. The average molecular weight is 341 g/mol. The van der Waals surface area contributed by atoms with Crippen molar-refractivity contribution in [3.05, 3.63) is 21.3 Å². The lowest BCUT2D eigenvalue weighted by Gasteiger charge is -2.22. The summed E-state index contributed by atoms with van der Waals surface area (Å²) in [4.78, 5) is 12.2. The Labute approximate surface area is 131 Å². The van der Waals surface area contributed by atoms with E-state index in [4.69, 9.17) is 16.3 Å². The molecule has 0 radical (unpaired) electrons. The Morgan fingerprint density at radius 1 is 1.33 bits per heavy atom. The van der Waals surface area contributed by atoms with E-state index in [9.17, 15) is 13.6 Å². The molecule has 0 saturated heterocycles. The first-order valence-electron chi connectivity index (χ1n) is 6.37. The fourth-order valence-corrected chi connectivity index (χ4v) is 2.45. The van der Waals surface area contributed by atoms with Crippen LogP contribution in [0.1, 0.15) is 25.6 Å². The highest BCUT2D eigenvalue weighted by molar-refractivity contribution is 7.16. The standard InChI is InChI=1S/C13H19ClF2N2O2S/c1-12(2,3)20-11(19)18-8-13(15,16)7-17-6-9-4-5-10(14)21-9/h4-5,17H,6-8H2,1-3H3,(H,18,19). The number of rotatable bonds is 6. The lowest BCUT2D eigenvalue weighted by atomic mass is 10.2. The molecule has 0 fully saturated rings. The van der Waals surface area contributed by atoms with E-state index in [0.717, 1.165) is 4.88 Å². The van der Waals surface area contributed by atoms with Crippen molar-refractivity contribution in [3.8, 4) is 0 Å². The molecule has 0 atom stereocenters. The van der Waals surface area contributed by atoms with Crippen LogP contribution in [0.25, 0.3) is 0 Å². The molecule has 0 aliphatic heterocycles. The van der Waals surface area contributed by atoms with Crippen molar-refractivity contribution in [3.63, 3.8) is 0 Å². The van der Waals surface area contributed by atoms with Crippen LogP contribution in [0.4, 0.5) is 13.6 Å². The molecule has 21 heavy (non-hydrogen) atoms. The summed E-state index contributed by atoms with van der Waals surface area (Å²) in [6, 6.07) is 3.49. The van der Waals surface area contributed by atoms with Crippen molar-refractivity contribution in [2.75, 3.05) is 13.1 Å². The molecule has 1 rings (SSSR count). The van der Waals surface area contributed by atoms with E-state index in [2.05, 4.69) is 10.6 Å². The molecule has 2 N–H and O–H groups in total. The van der Waals surface area contributed by atoms with Crippen LogP contribution in [0, 0.1) is 0 Å². The Morgan fingerprint density at radius 3 is 2.52 bits per heavy atom. The van der Waals surface area contributed by atoms with Gasteiger partial charge in [-0.2, -0.15) is 0 Å². The minimum absolute atomic E-state index is 0.305. The molecule has 0 saturated carbocycles. The molecule has 4 nitrogen and oxygen atoms in total. The highest BCUT2D eigenvalue weighted by Gasteiger charge is 2.30. The number of carbonyl (C=O) groups is 1. The van der Waals surface area contributed by atoms with Gasteiger partial charge in [0.15, 0.2) is 0 Å². The molecule has 120 valence electrons. The monoisotopic (exact) mass is 340 g/mol. The molecule has 0 aliphatic carbocycles. The predicted octanol–water partition coefficient (Wildman–Crippen LogP) is 3.65. The fourth-order valence-electron chi connectivity index (χ4n) is 1.39. The molecule has 0 bridgehead atoms. The smallest absolute Gasteiger partial charge is 0.407 e. The lowest BCUT2D eigenvalue weighted by Crippen LogP contribution is -2.44. The molecule has 1 aromatic heterocycles. The summed E-state index contributed by atoms with van der Waals surface area (Å²) in [7, 11) is 0. The van der Waals surface area contributed by atoms with Gasteiger partial charge in [0.2, 0.25) is 0 Å². The maximum absolute atomic E-state index is 13.6. The number of carbonyl (C=O) groups excluding carboxylic acids is 1. The first-order valence-corrected chi connectivity index (χ1v) is 7.56. The van der Waals surface area contributed by atoms with Crippen LogP contribution in [-0.2, 0) is 11.3 Å². The number of halogens is 3. The highest BCUT2D eigenvalue weighted by Crippen LogP contribution is 2.21. The summed E-state index contributed by atoms with van der Waals surface area (Å²) in [6.45, 7) is 3.98. The van der Waals surface area contributed by atoms with E-state index in [1.807, 2.05) is 0 Å². The van der Waals surface area contributed by atoms with E-state index in [-0.39, 0.29) is 0 Å². The topological polar surface area (TPSA) is 50.4 Å². The lowest BCUT2D eigenvalue weighted by molar-refractivity contribution is -0.00372. The summed E-state index contributed by atoms with van der Waals surface area (Å²) in [5, 5.41) is 4.70. The van der Waals surface area contributed by atoms with Crippen LogP contribution < -0.4 is 10.6 Å². The van der Waals surface area contributed by atoms with Gasteiger partial charge in [-0.25, -0.2) is 13.6 Å². The zero-order valence-electron chi connectivity index (χ0n) is 12.1. The first-order chi connectivity index (χ1) is 9.57. The summed E-state index contributed by atoms with van der Waals surface area (Å²) < 4.78 is 32.6. The minimum Gasteiger partial charge on any atom is -0.444 e. The molecular weight excluding hydrogens is 322 g/mol. The zero-order chi connectivity index (χ0) is 16.1. The third-order valence-corrected chi connectivity index (χ3v) is 3.43. The summed E-state index contributed by atoms with van der Waals surface area (Å²) >= 11 is 7.08. The van der Waals surface area contributed by atoms with Gasteiger partial charge in [-0.1, -0.05) is 11.6 Å². The number of hydrogen-bond acceptors (Lipinski definition) is 4. The molecular formula is C13H19ClF2N2O2S. The Bertz CT molecular complexity index is 475. The Hall–Kier alpha value is -0.920. The summed E-state index contributed by atoms with van der Waals surface area (Å²) in [6.07, 6.45) is -0.854. The van der Waals surface area contributed by atoms with Crippen LogP contribution in [0.15, 0.2) is 12.1 Å². The van der Waals surface area contributed by atoms with Crippen LogP contribution in [0.3, 0.4) is 0 Å². The second kappa shape index (κ2) is 7.38. The molecule has 0 aliphatic rings. The second-order valence-electron chi connectivity index (χ2n) is 5.52. The van der Waals surface area contributed by atoms with E-state index >= 15 is 0 Å². The van der Waals surface area contributed by atoms with Crippen molar-refractivity contribution < 1.29 is 18.3 Å². The highest BCUT2D eigenvalue weighted by atomic mass is 35.5. The van der Waals surface area contributed by atoms with Crippen LogP contribution >= 0.6 is 22.9 Å². The maximum Gasteiger partial charge on any atom is 0.407 e. The summed E-state index contributed by atoms with van der Waals surface area (Å²) in [5.74, 6) is -3.06. The van der Waals surface area contributed by atoms with Crippen LogP contribution in [-0.4, -0.2) is 30.7 Å². The van der Waals surface area contributed by atoms with Gasteiger partial charge in [-0.05, 0) is 32.9 Å². The minimum atomic E-state index is -3.06. The molecule has 0 aromatic carbocycles. The van der Waals surface area contributed by atoms with E-state index < -0.39 is 30.7 Å². The quantitative estimate of drug-likeness (QED) is 0.831. The van der Waals surface area contributed by atoms with Gasteiger partial charge < -0.3 is 15.4 Å². The van der Waals surface area contributed by atoms with Crippen molar-refractivity contribution in [2.24, 2.45) is 0 Å². The number of thiophene rings is 1. The largest absolute Gasteiger partial charge is 0.444 e. The number of hydrogen-bond donors (Lipinski definition) is 2. The number of nitrogens with one attached hydrogen (secondary N) is 2. The maximum atomic E-state index is 13.6. The molecule has 1 amide bonds. The summed E-state index contributed by atoms with van der Waals surface area (Å²) in [5.41, 5.74) is -0.712. The molecule has 1 heterocycles. The zero-order valence-corrected chi connectivity index (χ0v) is 13.7. The van der Waals surface area contributed by atoms with Crippen molar-refractivity contribution >= 4 is 29.0 Å². The molecule has 1 aromatic rings. The first kappa shape index (κ1) is 18.1. The van der Waals surface area contributed by atoms with E-state index in [0.29, 0.717) is 10.9 Å². The van der Waals surface area contributed by atoms with Gasteiger partial charge in [0.25, 0.3) is 5.92 Å². The third kappa shape index (κ3) is 8.18. The van der Waals surface area contributed by atoms with Crippen molar-refractivity contribution in [1.29, 1.82) is 0 Å². The SMILES string of the molecule is CC(C)(C)OC(=O)NCC(F)(F)CNCc1ccc(Cl)s1. The Morgan fingerprint density at radius 2 is 2.00 bits per heavy atom. The van der Waals surface area contributed by atoms with Crippen molar-refractivity contribution in [1.82, 2.24) is 10.6 Å². The van der Waals surface area contributed by atoms with Crippen LogP contribution in [0.5, 0.6) is 0 Å². The van der Waals surface area contributed by atoms with Crippen LogP contribution in [0.2, 0.25) is 4.34 Å². The van der Waals surface area contributed by atoms with E-state index in [1.165, 1.54) is 11.3 Å². The fraction of sp³-hybridized carbons (Fsp3) is 0.615. The number of ether oxygens (including phenoxy) is 1. The Balaban J connectivity index is 2.28. The van der Waals surface area contributed by atoms with Gasteiger partial charge in [0.05, 0.1) is 17.4 Å². The van der Waals surface area contributed by atoms with Gasteiger partial charge in [0.1, 0.15) is 5.60 Å². The molecule has 0 spiro atoms. The van der Waals surface area contributed by atoms with Gasteiger partial charge >= 0.3 is 6.09 Å². The third-order valence-electron chi connectivity index (χ3n) is 2.20.